The maximum atomic E-state index is 5.26. The van der Waals surface area contributed by atoms with Crippen LogP contribution >= 0.6 is 15.9 Å². The van der Waals surface area contributed by atoms with E-state index in [2.05, 4.69) is 34.2 Å². The largest absolute Gasteiger partial charge is 0.497 e. The molecule has 0 amide bonds. The van der Waals surface area contributed by atoms with Crippen molar-refractivity contribution < 1.29 is 9.47 Å². The minimum absolute atomic E-state index is 0.736. The van der Waals surface area contributed by atoms with Gasteiger partial charge in [-0.05, 0) is 30.2 Å². The smallest absolute Gasteiger partial charge is 0.119 e. The lowest BCUT2D eigenvalue weighted by Gasteiger charge is -2.09. The van der Waals surface area contributed by atoms with Gasteiger partial charge in [-0.25, -0.2) is 0 Å². The second-order valence-corrected chi connectivity index (χ2v) is 5.07. The van der Waals surface area contributed by atoms with E-state index in [-0.39, 0.29) is 0 Å². The predicted molar refractivity (Wildman–Crippen MR) is 83.7 cm³/mol. The fraction of sp³-hybridized carbons (Fsp3) is 0.467. The van der Waals surface area contributed by atoms with Crippen LogP contribution in [0.3, 0.4) is 0 Å². The molecule has 0 atom stereocenters. The summed E-state index contributed by atoms with van der Waals surface area (Å²) in [6, 6.07) is 6.00. The SMILES string of the molecule is CC/C(=C/c1cc(OC)ccc1Br)CNCCOC. The highest BCUT2D eigenvalue weighted by atomic mass is 79.9. The Morgan fingerprint density at radius 3 is 2.79 bits per heavy atom. The first-order valence-electron chi connectivity index (χ1n) is 6.43. The molecule has 1 rings (SSSR count). The van der Waals surface area contributed by atoms with Crippen molar-refractivity contribution in [1.82, 2.24) is 5.32 Å². The molecule has 1 N–H and O–H groups in total. The highest BCUT2D eigenvalue weighted by molar-refractivity contribution is 9.10. The molecule has 106 valence electrons. The molecule has 0 aliphatic carbocycles. The molecule has 0 spiro atoms. The van der Waals surface area contributed by atoms with Crippen LogP contribution in [-0.4, -0.2) is 33.9 Å². The quantitative estimate of drug-likeness (QED) is 0.741. The number of hydrogen-bond acceptors (Lipinski definition) is 3. The topological polar surface area (TPSA) is 30.5 Å². The average Bonchev–Trinajstić information content (AvgIpc) is 2.44. The first-order valence-corrected chi connectivity index (χ1v) is 7.23. The summed E-state index contributed by atoms with van der Waals surface area (Å²) < 4.78 is 11.4. The van der Waals surface area contributed by atoms with Gasteiger partial charge in [-0.2, -0.15) is 0 Å². The summed E-state index contributed by atoms with van der Waals surface area (Å²) >= 11 is 3.57. The van der Waals surface area contributed by atoms with E-state index in [0.29, 0.717) is 0 Å². The summed E-state index contributed by atoms with van der Waals surface area (Å²) in [6.07, 6.45) is 3.22. The van der Waals surface area contributed by atoms with Crippen molar-refractivity contribution in [3.63, 3.8) is 0 Å². The maximum absolute atomic E-state index is 5.26. The van der Waals surface area contributed by atoms with Crippen molar-refractivity contribution >= 4 is 22.0 Å². The van der Waals surface area contributed by atoms with Gasteiger partial charge in [0.15, 0.2) is 0 Å². The third-order valence-corrected chi connectivity index (χ3v) is 3.57. The van der Waals surface area contributed by atoms with Crippen LogP contribution in [0, 0.1) is 0 Å². The summed E-state index contributed by atoms with van der Waals surface area (Å²) in [5, 5.41) is 3.37. The van der Waals surface area contributed by atoms with Crippen molar-refractivity contribution in [3.8, 4) is 5.75 Å². The second kappa shape index (κ2) is 9.13. The molecule has 0 saturated heterocycles. The molecule has 0 aliphatic heterocycles. The summed E-state index contributed by atoms with van der Waals surface area (Å²) in [5.41, 5.74) is 2.50. The number of hydrogen-bond donors (Lipinski definition) is 1. The van der Waals surface area contributed by atoms with Crippen LogP contribution in [0.4, 0.5) is 0 Å². The van der Waals surface area contributed by atoms with Crippen LogP contribution in [0.1, 0.15) is 18.9 Å². The number of methoxy groups -OCH3 is 2. The minimum atomic E-state index is 0.736. The average molecular weight is 328 g/mol. The summed E-state index contributed by atoms with van der Waals surface area (Å²) in [7, 11) is 3.40. The molecule has 0 saturated carbocycles. The molecule has 0 heterocycles. The summed E-state index contributed by atoms with van der Waals surface area (Å²) in [4.78, 5) is 0. The number of halogens is 1. The summed E-state index contributed by atoms with van der Waals surface area (Å²) in [5.74, 6) is 0.872. The van der Waals surface area contributed by atoms with Gasteiger partial charge >= 0.3 is 0 Å². The molecular weight excluding hydrogens is 306 g/mol. The van der Waals surface area contributed by atoms with E-state index < -0.39 is 0 Å². The van der Waals surface area contributed by atoms with Crippen LogP contribution < -0.4 is 10.1 Å². The maximum Gasteiger partial charge on any atom is 0.119 e. The van der Waals surface area contributed by atoms with Gasteiger partial charge in [-0.15, -0.1) is 0 Å². The van der Waals surface area contributed by atoms with Gasteiger partial charge in [0.25, 0.3) is 0 Å². The Bertz CT molecular complexity index is 419. The fourth-order valence-electron chi connectivity index (χ4n) is 1.68. The third kappa shape index (κ3) is 5.76. The zero-order valence-electron chi connectivity index (χ0n) is 11.8. The number of benzene rings is 1. The molecule has 1 aromatic rings. The lowest BCUT2D eigenvalue weighted by molar-refractivity contribution is 0.200. The molecular formula is C15H22BrNO2. The van der Waals surface area contributed by atoms with Crippen molar-refractivity contribution in [2.45, 2.75) is 13.3 Å². The monoisotopic (exact) mass is 327 g/mol. The number of nitrogens with one attached hydrogen (secondary N) is 1. The molecule has 0 unspecified atom stereocenters. The number of rotatable bonds is 8. The normalized spacial score (nSPS) is 11.7. The number of ether oxygens (including phenoxy) is 2. The lowest BCUT2D eigenvalue weighted by Crippen LogP contribution is -2.21. The zero-order chi connectivity index (χ0) is 14.1. The van der Waals surface area contributed by atoms with Gasteiger partial charge in [0.05, 0.1) is 13.7 Å². The molecule has 0 radical (unpaired) electrons. The van der Waals surface area contributed by atoms with Crippen molar-refractivity contribution in [2.75, 3.05) is 33.9 Å². The van der Waals surface area contributed by atoms with E-state index in [9.17, 15) is 0 Å². The molecule has 0 aliphatic rings. The van der Waals surface area contributed by atoms with Gasteiger partial charge in [0, 0.05) is 24.7 Å². The molecule has 1 aromatic carbocycles. The Balaban J connectivity index is 2.73. The molecule has 0 fully saturated rings. The van der Waals surface area contributed by atoms with E-state index in [1.54, 1.807) is 14.2 Å². The Kier molecular flexibility index (Phi) is 7.79. The van der Waals surface area contributed by atoms with E-state index in [4.69, 9.17) is 9.47 Å². The first-order chi connectivity index (χ1) is 9.21. The van der Waals surface area contributed by atoms with Crippen LogP contribution in [0.2, 0.25) is 0 Å². The highest BCUT2D eigenvalue weighted by Gasteiger charge is 2.02. The van der Waals surface area contributed by atoms with Gasteiger partial charge in [0.1, 0.15) is 5.75 Å². The second-order valence-electron chi connectivity index (χ2n) is 4.21. The molecule has 0 aromatic heterocycles. The van der Waals surface area contributed by atoms with Crippen LogP contribution in [0.5, 0.6) is 5.75 Å². The fourth-order valence-corrected chi connectivity index (χ4v) is 2.04. The molecule has 4 heteroatoms. The van der Waals surface area contributed by atoms with Crippen LogP contribution in [0.15, 0.2) is 28.2 Å². The van der Waals surface area contributed by atoms with Crippen LogP contribution in [0.25, 0.3) is 6.08 Å². The predicted octanol–water partition coefficient (Wildman–Crippen LogP) is 3.49. The summed E-state index contributed by atoms with van der Waals surface area (Å²) in [6.45, 7) is 4.65. The van der Waals surface area contributed by atoms with E-state index >= 15 is 0 Å². The molecule has 0 bridgehead atoms. The zero-order valence-corrected chi connectivity index (χ0v) is 13.4. The Labute approximate surface area is 124 Å². The first kappa shape index (κ1) is 16.2. The minimum Gasteiger partial charge on any atom is -0.497 e. The standard InChI is InChI=1S/C15H22BrNO2/c1-4-12(11-17-7-8-18-2)9-13-10-14(19-3)5-6-15(13)16/h5-6,9-10,17H,4,7-8,11H2,1-3H3/b12-9-. The van der Waals surface area contributed by atoms with Gasteiger partial charge in [0.2, 0.25) is 0 Å². The third-order valence-electron chi connectivity index (χ3n) is 2.85. The Morgan fingerprint density at radius 1 is 1.37 bits per heavy atom. The van der Waals surface area contributed by atoms with Gasteiger partial charge in [-0.1, -0.05) is 34.5 Å². The lowest BCUT2D eigenvalue weighted by atomic mass is 10.1. The van der Waals surface area contributed by atoms with Crippen molar-refractivity contribution in [2.24, 2.45) is 0 Å². The van der Waals surface area contributed by atoms with Gasteiger partial charge in [-0.3, -0.25) is 0 Å². The molecule has 3 nitrogen and oxygen atoms in total. The van der Waals surface area contributed by atoms with Crippen LogP contribution in [-0.2, 0) is 4.74 Å². The van der Waals surface area contributed by atoms with E-state index in [1.807, 2.05) is 18.2 Å². The van der Waals surface area contributed by atoms with Gasteiger partial charge < -0.3 is 14.8 Å². The Morgan fingerprint density at radius 2 is 2.16 bits per heavy atom. The van der Waals surface area contributed by atoms with E-state index in [1.165, 1.54) is 5.57 Å². The van der Waals surface area contributed by atoms with Crippen molar-refractivity contribution in [1.29, 1.82) is 0 Å². The Hall–Kier alpha value is -0.840. The molecule has 19 heavy (non-hydrogen) atoms. The van der Waals surface area contributed by atoms with E-state index in [0.717, 1.165) is 41.9 Å². The highest BCUT2D eigenvalue weighted by Crippen LogP contribution is 2.25. The van der Waals surface area contributed by atoms with Crippen molar-refractivity contribution in [3.05, 3.63) is 33.8 Å².